The lowest BCUT2D eigenvalue weighted by atomic mass is 10.3. The SMILES string of the molecule is CCCC[N+](CC)CC. The van der Waals surface area contributed by atoms with Crippen LogP contribution in [0.4, 0.5) is 0 Å². The number of rotatable bonds is 5. The molecule has 0 aliphatic heterocycles. The molecule has 0 N–H and O–H groups in total. The Bertz CT molecular complexity index is 48.5. The van der Waals surface area contributed by atoms with Crippen molar-refractivity contribution in [3.8, 4) is 0 Å². The topological polar surface area (TPSA) is 5.90 Å². The molecule has 0 unspecified atom stereocenters. The van der Waals surface area contributed by atoms with Crippen molar-refractivity contribution in [1.29, 1.82) is 0 Å². The lowest BCUT2D eigenvalue weighted by Crippen LogP contribution is -2.30. The summed E-state index contributed by atoms with van der Waals surface area (Å²) in [5.41, 5.74) is 0. The van der Waals surface area contributed by atoms with E-state index in [1.54, 1.807) is 0 Å². The van der Waals surface area contributed by atoms with Gasteiger partial charge in [0, 0.05) is 6.42 Å². The third-order valence-electron chi connectivity index (χ3n) is 1.72. The Morgan fingerprint density at radius 2 is 1.56 bits per heavy atom. The molecule has 0 aromatic carbocycles. The van der Waals surface area contributed by atoms with Gasteiger partial charge in [-0.25, -0.2) is 0 Å². The standard InChI is InChI=1S/C8H19N/c1-4-7-8-9(5-2)6-3/h4-8H2,1-3H3/q+1. The minimum atomic E-state index is 1.20. The molecule has 0 spiro atoms. The van der Waals surface area contributed by atoms with E-state index in [4.69, 9.17) is 0 Å². The maximum Gasteiger partial charge on any atom is 0.122 e. The van der Waals surface area contributed by atoms with E-state index in [2.05, 4.69) is 25.7 Å². The Hall–Kier alpha value is -0.0400. The number of hydrogen-bond acceptors (Lipinski definition) is 1. The van der Waals surface area contributed by atoms with Gasteiger partial charge in [-0.2, -0.15) is 4.90 Å². The molecule has 1 heteroatoms. The van der Waals surface area contributed by atoms with Crippen LogP contribution in [0.2, 0.25) is 0 Å². The lowest BCUT2D eigenvalue weighted by molar-refractivity contribution is 0.433. The van der Waals surface area contributed by atoms with Crippen LogP contribution in [0.5, 0.6) is 0 Å². The Kier molecular flexibility index (Phi) is 6.06. The molecule has 0 saturated carbocycles. The van der Waals surface area contributed by atoms with Gasteiger partial charge in [0.05, 0.1) is 0 Å². The molecule has 0 fully saturated rings. The zero-order valence-corrected chi connectivity index (χ0v) is 6.98. The second-order valence-electron chi connectivity index (χ2n) is 2.38. The zero-order valence-electron chi connectivity index (χ0n) is 6.98. The van der Waals surface area contributed by atoms with Crippen LogP contribution in [-0.4, -0.2) is 19.6 Å². The fraction of sp³-hybridized carbons (Fsp3) is 1.00. The van der Waals surface area contributed by atoms with Gasteiger partial charge in [0.15, 0.2) is 0 Å². The summed E-state index contributed by atoms with van der Waals surface area (Å²) in [5, 5.41) is 0. The second kappa shape index (κ2) is 6.09. The van der Waals surface area contributed by atoms with Crippen LogP contribution in [0.3, 0.4) is 0 Å². The Morgan fingerprint density at radius 1 is 1.00 bits per heavy atom. The first kappa shape index (κ1) is 8.96. The van der Waals surface area contributed by atoms with Crippen molar-refractivity contribution in [3.05, 3.63) is 0 Å². The molecular weight excluding hydrogens is 110 g/mol. The van der Waals surface area contributed by atoms with Crippen LogP contribution in [0, 0.1) is 0 Å². The predicted molar refractivity (Wildman–Crippen MR) is 43.0 cm³/mol. The van der Waals surface area contributed by atoms with E-state index < -0.39 is 0 Å². The van der Waals surface area contributed by atoms with E-state index in [1.165, 1.54) is 32.5 Å². The van der Waals surface area contributed by atoms with Crippen molar-refractivity contribution in [3.63, 3.8) is 0 Å². The third-order valence-corrected chi connectivity index (χ3v) is 1.72. The minimum Gasteiger partial charge on any atom is -0.171 e. The van der Waals surface area contributed by atoms with Crippen LogP contribution in [0.15, 0.2) is 0 Å². The van der Waals surface area contributed by atoms with E-state index in [-0.39, 0.29) is 0 Å². The van der Waals surface area contributed by atoms with Crippen LogP contribution in [-0.2, 0) is 0 Å². The summed E-state index contributed by atoms with van der Waals surface area (Å²) in [5.74, 6) is 0. The molecule has 0 atom stereocenters. The first-order chi connectivity index (χ1) is 4.35. The van der Waals surface area contributed by atoms with Crippen molar-refractivity contribution < 1.29 is 0 Å². The van der Waals surface area contributed by atoms with Gasteiger partial charge in [-0.05, 0) is 13.8 Å². The summed E-state index contributed by atoms with van der Waals surface area (Å²) in [6, 6.07) is 0. The minimum absolute atomic E-state index is 1.20. The van der Waals surface area contributed by atoms with E-state index in [0.29, 0.717) is 0 Å². The molecule has 0 aliphatic carbocycles. The largest absolute Gasteiger partial charge is 0.171 e. The van der Waals surface area contributed by atoms with Gasteiger partial charge in [-0.15, -0.1) is 0 Å². The summed E-state index contributed by atoms with van der Waals surface area (Å²) in [6.07, 6.45) is 2.66. The van der Waals surface area contributed by atoms with Gasteiger partial charge in [-0.3, -0.25) is 0 Å². The summed E-state index contributed by atoms with van der Waals surface area (Å²) < 4.78 is 0. The highest BCUT2D eigenvalue weighted by molar-refractivity contribution is 4.56. The maximum atomic E-state index is 2.46. The first-order valence-corrected chi connectivity index (χ1v) is 4.07. The molecular formula is C8H19N+. The Morgan fingerprint density at radius 3 is 1.89 bits per heavy atom. The number of nitrogens with zero attached hydrogens (tertiary/aromatic N) is 1. The van der Waals surface area contributed by atoms with Crippen LogP contribution >= 0.6 is 0 Å². The lowest BCUT2D eigenvalue weighted by Gasteiger charge is -2.05. The van der Waals surface area contributed by atoms with Crippen molar-refractivity contribution in [1.82, 2.24) is 4.90 Å². The molecule has 9 heavy (non-hydrogen) atoms. The number of hydrogen-bond donors (Lipinski definition) is 0. The first-order valence-electron chi connectivity index (χ1n) is 4.07. The average Bonchev–Trinajstić information content (AvgIpc) is 1.91. The van der Waals surface area contributed by atoms with Crippen LogP contribution in [0.1, 0.15) is 33.6 Å². The fourth-order valence-corrected chi connectivity index (χ4v) is 0.922. The van der Waals surface area contributed by atoms with E-state index in [0.717, 1.165) is 0 Å². The molecule has 0 aromatic rings. The molecule has 0 rings (SSSR count). The normalized spacial score (nSPS) is 10.7. The molecule has 0 aromatic heterocycles. The smallest absolute Gasteiger partial charge is 0.122 e. The molecule has 0 bridgehead atoms. The second-order valence-corrected chi connectivity index (χ2v) is 2.38. The van der Waals surface area contributed by atoms with Crippen molar-refractivity contribution >= 4 is 0 Å². The maximum absolute atomic E-state index is 2.46. The van der Waals surface area contributed by atoms with Crippen molar-refractivity contribution in [2.24, 2.45) is 0 Å². The van der Waals surface area contributed by atoms with E-state index >= 15 is 0 Å². The van der Waals surface area contributed by atoms with Crippen LogP contribution < -0.4 is 4.90 Å². The quantitative estimate of drug-likeness (QED) is 0.500. The summed E-state index contributed by atoms with van der Waals surface area (Å²) in [7, 11) is 0. The monoisotopic (exact) mass is 129 g/mol. The van der Waals surface area contributed by atoms with Gasteiger partial charge < -0.3 is 0 Å². The van der Waals surface area contributed by atoms with Crippen LogP contribution in [0.25, 0.3) is 0 Å². The summed E-state index contributed by atoms with van der Waals surface area (Å²) in [4.78, 5) is 2.46. The van der Waals surface area contributed by atoms with Gasteiger partial charge in [0.25, 0.3) is 0 Å². The van der Waals surface area contributed by atoms with Crippen molar-refractivity contribution in [2.75, 3.05) is 19.6 Å². The summed E-state index contributed by atoms with van der Waals surface area (Å²) in [6.45, 7) is 10.4. The molecule has 1 nitrogen and oxygen atoms in total. The predicted octanol–water partition coefficient (Wildman–Crippen LogP) is 1.97. The Balaban J connectivity index is 3.09. The fourth-order valence-electron chi connectivity index (χ4n) is 0.922. The highest BCUT2D eigenvalue weighted by Crippen LogP contribution is 1.89. The van der Waals surface area contributed by atoms with Gasteiger partial charge >= 0.3 is 0 Å². The van der Waals surface area contributed by atoms with Crippen molar-refractivity contribution in [2.45, 2.75) is 33.6 Å². The average molecular weight is 129 g/mol. The summed E-state index contributed by atoms with van der Waals surface area (Å²) >= 11 is 0. The molecule has 0 aliphatic rings. The molecule has 1 radical (unpaired) electrons. The molecule has 0 heterocycles. The van der Waals surface area contributed by atoms with Gasteiger partial charge in [-0.1, -0.05) is 13.3 Å². The van der Waals surface area contributed by atoms with E-state index in [9.17, 15) is 0 Å². The highest BCUT2D eigenvalue weighted by Gasteiger charge is 2.05. The highest BCUT2D eigenvalue weighted by atomic mass is 15.1. The van der Waals surface area contributed by atoms with E-state index in [1.807, 2.05) is 0 Å². The van der Waals surface area contributed by atoms with Gasteiger partial charge in [0.2, 0.25) is 0 Å². The zero-order chi connectivity index (χ0) is 7.11. The molecule has 55 valence electrons. The van der Waals surface area contributed by atoms with Gasteiger partial charge in [0.1, 0.15) is 19.6 Å². The Labute approximate surface area is 59.1 Å². The molecule has 0 saturated heterocycles. The number of unbranched alkanes of at least 4 members (excludes halogenated alkanes) is 1. The molecule has 0 amide bonds. The third kappa shape index (κ3) is 4.46.